The van der Waals surface area contributed by atoms with E-state index in [1.54, 1.807) is 19.2 Å². The summed E-state index contributed by atoms with van der Waals surface area (Å²) in [5, 5.41) is 18.3. The van der Waals surface area contributed by atoms with Gasteiger partial charge in [-0.1, -0.05) is 0 Å². The van der Waals surface area contributed by atoms with Crippen LogP contribution in [-0.2, 0) is 4.74 Å². The minimum atomic E-state index is -0.172. The van der Waals surface area contributed by atoms with Gasteiger partial charge in [-0.25, -0.2) is 0 Å². The molecule has 1 aromatic carbocycles. The van der Waals surface area contributed by atoms with Gasteiger partial charge < -0.3 is 25.8 Å². The summed E-state index contributed by atoms with van der Waals surface area (Å²) in [7, 11) is 1.67. The first-order valence-electron chi connectivity index (χ1n) is 7.75. The molecule has 7 heteroatoms. The number of aliphatic imine (C=N–C) groups is 1. The standard InChI is InChI=1S/C16H26N4O3/c1-3-17-16(19-9-4-12-23-2)20-11-10-18-15(22)13-5-7-14(21)8-6-13/h5-8,21H,3-4,9-12H2,1-2H3,(H,18,22)(H2,17,19,20). The fourth-order valence-electron chi connectivity index (χ4n) is 1.81. The highest BCUT2D eigenvalue weighted by Crippen LogP contribution is 2.09. The molecule has 0 aromatic heterocycles. The van der Waals surface area contributed by atoms with Crippen molar-refractivity contribution < 1.29 is 14.6 Å². The van der Waals surface area contributed by atoms with Gasteiger partial charge >= 0.3 is 0 Å². The molecule has 0 aliphatic carbocycles. The van der Waals surface area contributed by atoms with E-state index in [1.165, 1.54) is 12.1 Å². The molecule has 0 aliphatic rings. The van der Waals surface area contributed by atoms with Gasteiger partial charge in [0, 0.05) is 45.5 Å². The first kappa shape index (κ1) is 18.8. The molecule has 7 nitrogen and oxygen atoms in total. The lowest BCUT2D eigenvalue weighted by atomic mass is 10.2. The summed E-state index contributed by atoms with van der Waals surface area (Å²) in [5.74, 6) is 0.694. The molecule has 0 fully saturated rings. The lowest BCUT2D eigenvalue weighted by molar-refractivity contribution is 0.0954. The zero-order valence-electron chi connectivity index (χ0n) is 13.8. The van der Waals surface area contributed by atoms with Crippen LogP contribution in [0.4, 0.5) is 0 Å². The third-order valence-electron chi connectivity index (χ3n) is 2.95. The number of aromatic hydroxyl groups is 1. The van der Waals surface area contributed by atoms with E-state index >= 15 is 0 Å². The molecular formula is C16H26N4O3. The summed E-state index contributed by atoms with van der Waals surface area (Å²) in [5.41, 5.74) is 0.517. The number of amides is 1. The van der Waals surface area contributed by atoms with Gasteiger partial charge in [-0.15, -0.1) is 0 Å². The van der Waals surface area contributed by atoms with E-state index in [-0.39, 0.29) is 11.7 Å². The normalized spacial score (nSPS) is 11.1. The van der Waals surface area contributed by atoms with Crippen LogP contribution in [0.1, 0.15) is 23.7 Å². The highest BCUT2D eigenvalue weighted by Gasteiger charge is 2.04. The maximum Gasteiger partial charge on any atom is 0.251 e. The fraction of sp³-hybridized carbons (Fsp3) is 0.500. The zero-order valence-corrected chi connectivity index (χ0v) is 13.8. The van der Waals surface area contributed by atoms with Gasteiger partial charge in [0.05, 0.1) is 0 Å². The average Bonchev–Trinajstić information content (AvgIpc) is 2.55. The highest BCUT2D eigenvalue weighted by molar-refractivity contribution is 5.94. The Kier molecular flexibility index (Phi) is 9.23. The number of phenolic OH excluding ortho intramolecular Hbond substituents is 1. The Bertz CT molecular complexity index is 489. The Morgan fingerprint density at radius 2 is 1.87 bits per heavy atom. The topological polar surface area (TPSA) is 95.0 Å². The molecule has 0 radical (unpaired) electrons. The van der Waals surface area contributed by atoms with Gasteiger partial charge in [0.1, 0.15) is 5.75 Å². The number of benzene rings is 1. The van der Waals surface area contributed by atoms with Gasteiger partial charge in [0.25, 0.3) is 5.91 Å². The smallest absolute Gasteiger partial charge is 0.251 e. The van der Waals surface area contributed by atoms with Gasteiger partial charge in [0.2, 0.25) is 0 Å². The Labute approximate surface area is 137 Å². The molecule has 0 spiro atoms. The summed E-state index contributed by atoms with van der Waals surface area (Å²) < 4.78 is 4.98. The van der Waals surface area contributed by atoms with Crippen molar-refractivity contribution in [3.8, 4) is 5.75 Å². The maximum atomic E-state index is 11.9. The summed E-state index contributed by atoms with van der Waals surface area (Å²) in [6, 6.07) is 6.14. The Balaban J connectivity index is 2.29. The number of carbonyl (C=O) groups excluding carboxylic acids is 1. The molecule has 128 valence electrons. The minimum Gasteiger partial charge on any atom is -0.508 e. The lowest BCUT2D eigenvalue weighted by Crippen LogP contribution is -2.41. The van der Waals surface area contributed by atoms with Crippen LogP contribution in [0.25, 0.3) is 0 Å². The molecule has 0 bridgehead atoms. The van der Waals surface area contributed by atoms with Gasteiger partial charge in [-0.2, -0.15) is 0 Å². The molecule has 0 saturated carbocycles. The number of nitrogens with one attached hydrogen (secondary N) is 3. The largest absolute Gasteiger partial charge is 0.508 e. The number of methoxy groups -OCH3 is 1. The van der Waals surface area contributed by atoms with Crippen molar-refractivity contribution in [2.24, 2.45) is 4.99 Å². The molecule has 0 heterocycles. The predicted molar refractivity (Wildman–Crippen MR) is 90.9 cm³/mol. The summed E-state index contributed by atoms with van der Waals surface area (Å²) in [6.45, 7) is 5.19. The molecule has 0 aliphatic heterocycles. The van der Waals surface area contributed by atoms with Crippen LogP contribution in [-0.4, -0.2) is 56.9 Å². The first-order valence-corrected chi connectivity index (χ1v) is 7.75. The third-order valence-corrected chi connectivity index (χ3v) is 2.95. The molecule has 1 aromatic rings. The third kappa shape index (κ3) is 8.06. The second-order valence-corrected chi connectivity index (χ2v) is 4.84. The average molecular weight is 322 g/mol. The van der Waals surface area contributed by atoms with Gasteiger partial charge in [0.15, 0.2) is 5.96 Å². The Hall–Kier alpha value is -2.28. The van der Waals surface area contributed by atoms with E-state index in [1.807, 2.05) is 6.92 Å². The predicted octanol–water partition coefficient (Wildman–Crippen LogP) is 0.714. The number of guanidine groups is 1. The molecular weight excluding hydrogens is 296 g/mol. The molecule has 4 N–H and O–H groups in total. The van der Waals surface area contributed by atoms with E-state index < -0.39 is 0 Å². The van der Waals surface area contributed by atoms with Crippen molar-refractivity contribution in [1.82, 2.24) is 16.0 Å². The minimum absolute atomic E-state index is 0.142. The van der Waals surface area contributed by atoms with Crippen molar-refractivity contribution >= 4 is 11.9 Å². The molecule has 0 unspecified atom stereocenters. The van der Waals surface area contributed by atoms with E-state index in [0.717, 1.165) is 18.9 Å². The van der Waals surface area contributed by atoms with E-state index in [9.17, 15) is 9.90 Å². The van der Waals surface area contributed by atoms with Crippen molar-refractivity contribution in [2.45, 2.75) is 13.3 Å². The number of carbonyl (C=O) groups is 1. The van der Waals surface area contributed by atoms with Crippen LogP contribution < -0.4 is 16.0 Å². The van der Waals surface area contributed by atoms with E-state index in [2.05, 4.69) is 20.9 Å². The quantitative estimate of drug-likeness (QED) is 0.305. The number of hydrogen-bond acceptors (Lipinski definition) is 4. The second kappa shape index (κ2) is 11.3. The van der Waals surface area contributed by atoms with Crippen molar-refractivity contribution in [3.63, 3.8) is 0 Å². The van der Waals surface area contributed by atoms with E-state index in [0.29, 0.717) is 31.8 Å². The fourth-order valence-corrected chi connectivity index (χ4v) is 1.81. The lowest BCUT2D eigenvalue weighted by Gasteiger charge is -2.12. The van der Waals surface area contributed by atoms with E-state index in [4.69, 9.17) is 4.74 Å². The monoisotopic (exact) mass is 322 g/mol. The number of ether oxygens (including phenoxy) is 1. The first-order chi connectivity index (χ1) is 11.2. The number of hydrogen-bond donors (Lipinski definition) is 4. The second-order valence-electron chi connectivity index (χ2n) is 4.84. The highest BCUT2D eigenvalue weighted by atomic mass is 16.5. The SMILES string of the molecule is CCNC(=NCCCOC)NCCNC(=O)c1ccc(O)cc1. The Morgan fingerprint density at radius 1 is 1.17 bits per heavy atom. The van der Waals surface area contributed by atoms with Gasteiger partial charge in [-0.3, -0.25) is 9.79 Å². The van der Waals surface area contributed by atoms with Crippen LogP contribution in [0, 0.1) is 0 Å². The van der Waals surface area contributed by atoms with Crippen LogP contribution >= 0.6 is 0 Å². The molecule has 0 saturated heterocycles. The molecule has 23 heavy (non-hydrogen) atoms. The summed E-state index contributed by atoms with van der Waals surface area (Å²) in [4.78, 5) is 16.3. The Morgan fingerprint density at radius 3 is 2.52 bits per heavy atom. The number of rotatable bonds is 9. The summed E-state index contributed by atoms with van der Waals surface area (Å²) >= 11 is 0. The van der Waals surface area contributed by atoms with Crippen molar-refractivity contribution in [1.29, 1.82) is 0 Å². The van der Waals surface area contributed by atoms with Crippen LogP contribution in [0.5, 0.6) is 5.75 Å². The summed E-state index contributed by atoms with van der Waals surface area (Å²) in [6.07, 6.45) is 0.866. The van der Waals surface area contributed by atoms with Crippen molar-refractivity contribution in [3.05, 3.63) is 29.8 Å². The molecule has 1 amide bonds. The molecule has 1 rings (SSSR count). The number of nitrogens with zero attached hydrogens (tertiary/aromatic N) is 1. The van der Waals surface area contributed by atoms with Gasteiger partial charge in [-0.05, 0) is 37.6 Å². The van der Waals surface area contributed by atoms with Crippen molar-refractivity contribution in [2.75, 3.05) is 39.9 Å². The van der Waals surface area contributed by atoms with Crippen LogP contribution in [0.15, 0.2) is 29.3 Å². The maximum absolute atomic E-state index is 11.9. The number of phenols is 1. The van der Waals surface area contributed by atoms with Crippen LogP contribution in [0.3, 0.4) is 0 Å². The molecule has 0 atom stereocenters. The zero-order chi connectivity index (χ0) is 16.9. The van der Waals surface area contributed by atoms with Crippen LogP contribution in [0.2, 0.25) is 0 Å².